The van der Waals surface area contributed by atoms with E-state index in [0.717, 1.165) is 70.0 Å². The highest BCUT2D eigenvalue weighted by Crippen LogP contribution is 2.21. The van der Waals surface area contributed by atoms with Crippen molar-refractivity contribution in [3.63, 3.8) is 0 Å². The second-order valence-corrected chi connectivity index (χ2v) is 7.38. The van der Waals surface area contributed by atoms with Gasteiger partial charge in [-0.1, -0.05) is 13.8 Å². The van der Waals surface area contributed by atoms with Gasteiger partial charge in [-0.2, -0.15) is 5.10 Å². The maximum absolute atomic E-state index is 12.9. The molecule has 2 aliphatic rings. The molecule has 140 valence electrons. The zero-order valence-corrected chi connectivity index (χ0v) is 15.9. The van der Waals surface area contributed by atoms with Crippen LogP contribution in [0.5, 0.6) is 0 Å². The summed E-state index contributed by atoms with van der Waals surface area (Å²) in [5.74, 6) is 0.807. The number of ether oxygens (including phenoxy) is 1. The summed E-state index contributed by atoms with van der Waals surface area (Å²) in [6, 6.07) is 0.382. The zero-order chi connectivity index (χ0) is 17.8. The summed E-state index contributed by atoms with van der Waals surface area (Å²) in [7, 11) is 0. The average Bonchev–Trinajstić information content (AvgIpc) is 3.27. The van der Waals surface area contributed by atoms with Crippen LogP contribution >= 0.6 is 0 Å². The highest BCUT2D eigenvalue weighted by molar-refractivity contribution is 5.95. The first-order chi connectivity index (χ1) is 12.1. The first kappa shape index (κ1) is 18.4. The molecule has 1 aromatic rings. The van der Waals surface area contributed by atoms with Gasteiger partial charge in [-0.25, -0.2) is 0 Å². The molecule has 0 N–H and O–H groups in total. The molecule has 0 unspecified atom stereocenters. The van der Waals surface area contributed by atoms with E-state index < -0.39 is 0 Å². The Morgan fingerprint density at radius 3 is 2.60 bits per heavy atom. The van der Waals surface area contributed by atoms with E-state index >= 15 is 0 Å². The molecular formula is C19H32N4O2. The molecule has 2 saturated heterocycles. The molecule has 0 aliphatic carbocycles. The lowest BCUT2D eigenvalue weighted by molar-refractivity contribution is 0.0610. The standard InChI is InChI=1S/C19H32N4O2/c1-4-17(5-2)23-15(3)18(12-20-23)19(24)22-9-7-21(8-10-22)13-16-6-11-25-14-16/h12,16-17H,4-11,13-14H2,1-3H3/t16-/m0/s1. The van der Waals surface area contributed by atoms with Crippen LogP contribution in [0.25, 0.3) is 0 Å². The van der Waals surface area contributed by atoms with E-state index in [2.05, 4.69) is 23.8 Å². The largest absolute Gasteiger partial charge is 0.381 e. The van der Waals surface area contributed by atoms with Crippen LogP contribution in [0.3, 0.4) is 0 Å². The average molecular weight is 348 g/mol. The van der Waals surface area contributed by atoms with Gasteiger partial charge in [0.05, 0.1) is 24.4 Å². The Morgan fingerprint density at radius 1 is 1.28 bits per heavy atom. The van der Waals surface area contributed by atoms with Crippen LogP contribution in [0.1, 0.15) is 55.2 Å². The van der Waals surface area contributed by atoms with Crippen LogP contribution < -0.4 is 0 Å². The third kappa shape index (κ3) is 4.06. The monoisotopic (exact) mass is 348 g/mol. The van der Waals surface area contributed by atoms with Gasteiger partial charge >= 0.3 is 0 Å². The summed E-state index contributed by atoms with van der Waals surface area (Å²) < 4.78 is 7.50. The Kier molecular flexibility index (Phi) is 6.12. The number of amides is 1. The van der Waals surface area contributed by atoms with Crippen molar-refractivity contribution in [1.82, 2.24) is 19.6 Å². The lowest BCUT2D eigenvalue weighted by Gasteiger charge is -2.35. The second-order valence-electron chi connectivity index (χ2n) is 7.38. The number of piperazine rings is 1. The molecule has 0 bridgehead atoms. The van der Waals surface area contributed by atoms with Crippen LogP contribution in [0, 0.1) is 12.8 Å². The van der Waals surface area contributed by atoms with E-state index in [1.807, 2.05) is 16.5 Å². The predicted molar refractivity (Wildman–Crippen MR) is 97.9 cm³/mol. The van der Waals surface area contributed by atoms with Crippen molar-refractivity contribution in [2.24, 2.45) is 5.92 Å². The van der Waals surface area contributed by atoms with E-state index in [1.54, 1.807) is 6.20 Å². The summed E-state index contributed by atoms with van der Waals surface area (Å²) in [6.07, 6.45) is 5.01. The molecule has 0 saturated carbocycles. The minimum Gasteiger partial charge on any atom is -0.381 e. The quantitative estimate of drug-likeness (QED) is 0.792. The third-order valence-electron chi connectivity index (χ3n) is 5.76. The molecule has 25 heavy (non-hydrogen) atoms. The van der Waals surface area contributed by atoms with Gasteiger partial charge in [0.1, 0.15) is 0 Å². The topological polar surface area (TPSA) is 50.6 Å². The zero-order valence-electron chi connectivity index (χ0n) is 15.9. The normalized spacial score (nSPS) is 22.1. The molecule has 2 fully saturated rings. The molecule has 2 aliphatic heterocycles. The maximum atomic E-state index is 12.9. The van der Waals surface area contributed by atoms with Crippen LogP contribution in [0.15, 0.2) is 6.20 Å². The highest BCUT2D eigenvalue weighted by atomic mass is 16.5. The molecule has 1 atom stereocenters. The molecule has 3 rings (SSSR count). The number of hydrogen-bond acceptors (Lipinski definition) is 4. The van der Waals surface area contributed by atoms with E-state index in [0.29, 0.717) is 12.0 Å². The van der Waals surface area contributed by atoms with Crippen LogP contribution in [-0.2, 0) is 4.74 Å². The molecule has 3 heterocycles. The Balaban J connectivity index is 1.57. The maximum Gasteiger partial charge on any atom is 0.257 e. The number of hydrogen-bond donors (Lipinski definition) is 0. The number of carbonyl (C=O) groups is 1. The van der Waals surface area contributed by atoms with Gasteiger partial charge in [-0.3, -0.25) is 14.4 Å². The van der Waals surface area contributed by atoms with Crippen LogP contribution in [-0.4, -0.2) is 71.4 Å². The van der Waals surface area contributed by atoms with Crippen molar-refractivity contribution < 1.29 is 9.53 Å². The summed E-state index contributed by atoms with van der Waals surface area (Å²) in [4.78, 5) is 17.4. The fourth-order valence-electron chi connectivity index (χ4n) is 4.03. The summed E-state index contributed by atoms with van der Waals surface area (Å²) in [5, 5.41) is 4.50. The van der Waals surface area contributed by atoms with Crippen LogP contribution in [0.2, 0.25) is 0 Å². The summed E-state index contributed by atoms with van der Waals surface area (Å²) in [5.41, 5.74) is 1.77. The smallest absolute Gasteiger partial charge is 0.257 e. The first-order valence-electron chi connectivity index (χ1n) is 9.77. The Labute approximate surface area is 151 Å². The van der Waals surface area contributed by atoms with Crippen molar-refractivity contribution in [3.05, 3.63) is 17.5 Å². The predicted octanol–water partition coefficient (Wildman–Crippen LogP) is 2.35. The van der Waals surface area contributed by atoms with Crippen LogP contribution in [0.4, 0.5) is 0 Å². The molecule has 0 aromatic carbocycles. The number of aromatic nitrogens is 2. The first-order valence-corrected chi connectivity index (χ1v) is 9.77. The lowest BCUT2D eigenvalue weighted by atomic mass is 10.1. The van der Waals surface area contributed by atoms with E-state index in [4.69, 9.17) is 4.74 Å². The van der Waals surface area contributed by atoms with Gasteiger partial charge in [0.2, 0.25) is 0 Å². The van der Waals surface area contributed by atoms with E-state index in [-0.39, 0.29) is 5.91 Å². The van der Waals surface area contributed by atoms with Gasteiger partial charge in [0.25, 0.3) is 5.91 Å². The van der Waals surface area contributed by atoms with Gasteiger partial charge in [0.15, 0.2) is 0 Å². The third-order valence-corrected chi connectivity index (χ3v) is 5.76. The minimum atomic E-state index is 0.138. The molecule has 0 radical (unpaired) electrons. The van der Waals surface area contributed by atoms with Gasteiger partial charge in [0, 0.05) is 45.0 Å². The fraction of sp³-hybridized carbons (Fsp3) is 0.789. The molecule has 0 spiro atoms. The number of carbonyl (C=O) groups excluding carboxylic acids is 1. The van der Waals surface area contributed by atoms with E-state index in [9.17, 15) is 4.79 Å². The van der Waals surface area contributed by atoms with Crippen molar-refractivity contribution >= 4 is 5.91 Å². The SMILES string of the molecule is CCC(CC)n1ncc(C(=O)N2CCN(C[C@@H]3CCOC3)CC2)c1C. The molecule has 1 amide bonds. The molecule has 1 aromatic heterocycles. The molecular weight excluding hydrogens is 316 g/mol. The summed E-state index contributed by atoms with van der Waals surface area (Å²) >= 11 is 0. The Morgan fingerprint density at radius 2 is 2.00 bits per heavy atom. The van der Waals surface area contributed by atoms with Crippen molar-refractivity contribution in [3.8, 4) is 0 Å². The van der Waals surface area contributed by atoms with Crippen molar-refractivity contribution in [2.45, 2.75) is 46.1 Å². The second kappa shape index (κ2) is 8.32. The fourth-order valence-corrected chi connectivity index (χ4v) is 4.03. The molecule has 6 nitrogen and oxygen atoms in total. The van der Waals surface area contributed by atoms with Crippen molar-refractivity contribution in [2.75, 3.05) is 45.9 Å². The minimum absolute atomic E-state index is 0.138. The summed E-state index contributed by atoms with van der Waals surface area (Å²) in [6.45, 7) is 12.8. The van der Waals surface area contributed by atoms with Gasteiger partial charge in [-0.15, -0.1) is 0 Å². The number of nitrogens with zero attached hydrogens (tertiary/aromatic N) is 4. The highest BCUT2D eigenvalue weighted by Gasteiger charge is 2.27. The van der Waals surface area contributed by atoms with E-state index in [1.165, 1.54) is 6.42 Å². The Bertz CT molecular complexity index is 568. The molecule has 6 heteroatoms. The number of rotatable bonds is 6. The van der Waals surface area contributed by atoms with Gasteiger partial charge in [-0.05, 0) is 32.1 Å². The lowest BCUT2D eigenvalue weighted by Crippen LogP contribution is -2.49. The Hall–Kier alpha value is -1.40. The van der Waals surface area contributed by atoms with Crippen molar-refractivity contribution in [1.29, 1.82) is 0 Å². The van der Waals surface area contributed by atoms with Gasteiger partial charge < -0.3 is 9.64 Å².